The maximum absolute atomic E-state index is 13.8. The van der Waals surface area contributed by atoms with E-state index in [4.69, 9.17) is 9.47 Å². The summed E-state index contributed by atoms with van der Waals surface area (Å²) in [6, 6.07) is 19.6. The van der Waals surface area contributed by atoms with Gasteiger partial charge in [0.05, 0.1) is 25.6 Å². The molecule has 1 atom stereocenters. The Hall–Kier alpha value is -3.64. The second-order valence-electron chi connectivity index (χ2n) is 10.4. The van der Waals surface area contributed by atoms with Crippen LogP contribution < -0.4 is 25.0 Å². The van der Waals surface area contributed by atoms with Crippen LogP contribution in [0, 0.1) is 0 Å². The Kier molecular flexibility index (Phi) is 9.32. The number of piperazine rings is 1. The van der Waals surface area contributed by atoms with E-state index < -0.39 is 17.7 Å². The van der Waals surface area contributed by atoms with Crippen molar-refractivity contribution >= 4 is 39.2 Å². The van der Waals surface area contributed by atoms with Crippen LogP contribution in [0.25, 0.3) is 0 Å². The average Bonchev–Trinajstić information content (AvgIpc) is 3.01. The van der Waals surface area contributed by atoms with Crippen molar-refractivity contribution in [3.63, 3.8) is 0 Å². The van der Waals surface area contributed by atoms with Crippen molar-refractivity contribution in [1.82, 2.24) is 15.1 Å². The highest BCUT2D eigenvalue weighted by atomic mass is 79.9. The maximum Gasteiger partial charge on any atom is 0.329 e. The number of benzene rings is 3. The molecule has 10 nitrogen and oxygen atoms in total. The standard InChI is InChI=1S/C31H36BrN5O5/c1-41-24-10-12-27(28(20-24)42-2)37-30(39)34-26-11-9-23(32)19-25(26)31(37,40)29(38)33-13-6-14-35-15-17-36(18-16-35)21-22-7-4-3-5-8-22/h3-5,7-12,19-20,40H,6,13-18,21H2,1-2H3,(H,33,38)(H,34,39)/t31-/m0/s1. The molecule has 0 aromatic heterocycles. The van der Waals surface area contributed by atoms with E-state index in [-0.39, 0.29) is 17.0 Å². The first kappa shape index (κ1) is 29.8. The second-order valence-corrected chi connectivity index (χ2v) is 11.3. The fourth-order valence-corrected chi connectivity index (χ4v) is 5.83. The van der Waals surface area contributed by atoms with E-state index in [0.29, 0.717) is 28.9 Å². The van der Waals surface area contributed by atoms with Gasteiger partial charge in [-0.05, 0) is 48.9 Å². The molecule has 11 heteroatoms. The molecule has 3 aromatic rings. The molecule has 2 aliphatic rings. The molecule has 3 N–H and O–H groups in total. The number of methoxy groups -OCH3 is 2. The number of hydrogen-bond donors (Lipinski definition) is 3. The van der Waals surface area contributed by atoms with Crippen LogP contribution in [0.5, 0.6) is 11.5 Å². The van der Waals surface area contributed by atoms with Crippen molar-refractivity contribution in [3.8, 4) is 11.5 Å². The van der Waals surface area contributed by atoms with Crippen LogP contribution in [0.1, 0.15) is 17.5 Å². The molecule has 222 valence electrons. The largest absolute Gasteiger partial charge is 0.497 e. The second kappa shape index (κ2) is 13.1. The molecule has 0 unspecified atom stereocenters. The molecule has 0 spiro atoms. The number of urea groups is 1. The highest BCUT2D eigenvalue weighted by Crippen LogP contribution is 2.44. The molecule has 2 heterocycles. The molecule has 2 aliphatic heterocycles. The first-order chi connectivity index (χ1) is 20.3. The minimum Gasteiger partial charge on any atom is -0.497 e. The molecule has 3 amide bonds. The Bertz CT molecular complexity index is 1420. The molecule has 0 bridgehead atoms. The lowest BCUT2D eigenvalue weighted by atomic mass is 9.94. The summed E-state index contributed by atoms with van der Waals surface area (Å²) in [6.45, 7) is 5.99. The van der Waals surface area contributed by atoms with Crippen molar-refractivity contribution in [1.29, 1.82) is 0 Å². The number of aliphatic hydroxyl groups is 1. The van der Waals surface area contributed by atoms with Crippen molar-refractivity contribution < 1.29 is 24.2 Å². The Balaban J connectivity index is 1.27. The molecule has 5 rings (SSSR count). The van der Waals surface area contributed by atoms with Gasteiger partial charge in [-0.15, -0.1) is 0 Å². The van der Waals surface area contributed by atoms with Gasteiger partial charge in [-0.3, -0.25) is 9.69 Å². The molecule has 3 aromatic carbocycles. The lowest BCUT2D eigenvalue weighted by molar-refractivity contribution is -0.140. The third-order valence-corrected chi connectivity index (χ3v) is 8.21. The topological polar surface area (TPSA) is 107 Å². The van der Waals surface area contributed by atoms with Crippen molar-refractivity contribution in [2.45, 2.75) is 18.7 Å². The first-order valence-electron chi connectivity index (χ1n) is 14.0. The maximum atomic E-state index is 13.8. The van der Waals surface area contributed by atoms with E-state index in [2.05, 4.69) is 60.6 Å². The van der Waals surface area contributed by atoms with E-state index in [9.17, 15) is 14.7 Å². The fraction of sp³-hybridized carbons (Fsp3) is 0.355. The van der Waals surface area contributed by atoms with Gasteiger partial charge in [0.25, 0.3) is 11.6 Å². The minimum atomic E-state index is -2.34. The summed E-state index contributed by atoms with van der Waals surface area (Å²) in [7, 11) is 2.97. The molecular formula is C31H36BrN5O5. The van der Waals surface area contributed by atoms with E-state index in [0.717, 1.165) is 44.2 Å². The number of halogens is 1. The summed E-state index contributed by atoms with van der Waals surface area (Å²) >= 11 is 3.44. The summed E-state index contributed by atoms with van der Waals surface area (Å²) in [5.74, 6) is 0.0629. The predicted molar refractivity (Wildman–Crippen MR) is 165 cm³/mol. The van der Waals surface area contributed by atoms with Gasteiger partial charge in [0.1, 0.15) is 11.5 Å². The summed E-state index contributed by atoms with van der Waals surface area (Å²) in [5, 5.41) is 17.8. The number of amides is 3. The van der Waals surface area contributed by atoms with E-state index >= 15 is 0 Å². The summed E-state index contributed by atoms with van der Waals surface area (Å²) < 4.78 is 11.5. The van der Waals surface area contributed by atoms with Crippen molar-refractivity contribution in [2.24, 2.45) is 0 Å². The molecule has 1 saturated heterocycles. The van der Waals surface area contributed by atoms with Gasteiger partial charge in [-0.2, -0.15) is 0 Å². The minimum absolute atomic E-state index is 0.215. The van der Waals surface area contributed by atoms with Gasteiger partial charge in [0.2, 0.25) is 0 Å². The number of carbonyl (C=O) groups excluding carboxylic acids is 2. The zero-order valence-electron chi connectivity index (χ0n) is 23.8. The van der Waals surface area contributed by atoms with E-state index in [1.54, 1.807) is 36.4 Å². The van der Waals surface area contributed by atoms with Crippen LogP contribution in [0.2, 0.25) is 0 Å². The highest BCUT2D eigenvalue weighted by Gasteiger charge is 2.52. The van der Waals surface area contributed by atoms with Gasteiger partial charge in [0, 0.05) is 55.4 Å². The molecular weight excluding hydrogens is 602 g/mol. The Labute approximate surface area is 254 Å². The summed E-state index contributed by atoms with van der Waals surface area (Å²) in [4.78, 5) is 33.1. The first-order valence-corrected chi connectivity index (χ1v) is 14.8. The molecule has 0 saturated carbocycles. The van der Waals surface area contributed by atoms with Gasteiger partial charge < -0.3 is 30.1 Å². The monoisotopic (exact) mass is 637 g/mol. The van der Waals surface area contributed by atoms with Crippen LogP contribution in [0.3, 0.4) is 0 Å². The third kappa shape index (κ3) is 6.24. The van der Waals surface area contributed by atoms with E-state index in [1.807, 2.05) is 6.07 Å². The lowest BCUT2D eigenvalue weighted by Crippen LogP contribution is -2.62. The van der Waals surface area contributed by atoms with Crippen molar-refractivity contribution in [3.05, 3.63) is 82.3 Å². The zero-order chi connectivity index (χ0) is 29.7. The molecule has 0 radical (unpaired) electrons. The molecule has 42 heavy (non-hydrogen) atoms. The number of carbonyl (C=O) groups is 2. The number of ether oxygens (including phenoxy) is 2. The van der Waals surface area contributed by atoms with Crippen LogP contribution in [0.4, 0.5) is 16.2 Å². The Morgan fingerprint density at radius 1 is 1.00 bits per heavy atom. The highest BCUT2D eigenvalue weighted by molar-refractivity contribution is 9.10. The van der Waals surface area contributed by atoms with Crippen LogP contribution in [0.15, 0.2) is 71.2 Å². The summed E-state index contributed by atoms with van der Waals surface area (Å²) in [6.07, 6.45) is 0.698. The zero-order valence-corrected chi connectivity index (χ0v) is 25.4. The smallest absolute Gasteiger partial charge is 0.329 e. The number of hydrogen-bond acceptors (Lipinski definition) is 7. The normalized spacial score (nSPS) is 19.1. The van der Waals surface area contributed by atoms with Gasteiger partial charge >= 0.3 is 6.03 Å². The number of nitrogens with zero attached hydrogens (tertiary/aromatic N) is 3. The quantitative estimate of drug-likeness (QED) is 0.289. The van der Waals surface area contributed by atoms with Crippen LogP contribution >= 0.6 is 15.9 Å². The SMILES string of the molecule is COc1ccc(N2C(=O)Nc3ccc(Br)cc3[C@]2(O)C(=O)NCCCN2CCN(Cc3ccccc3)CC2)c(OC)c1. The van der Waals surface area contributed by atoms with Gasteiger partial charge in [-0.1, -0.05) is 46.3 Å². The van der Waals surface area contributed by atoms with E-state index in [1.165, 1.54) is 19.8 Å². The molecule has 0 aliphatic carbocycles. The average molecular weight is 639 g/mol. The van der Waals surface area contributed by atoms with Crippen molar-refractivity contribution in [2.75, 3.05) is 63.7 Å². The Morgan fingerprint density at radius 3 is 2.45 bits per heavy atom. The van der Waals surface area contributed by atoms with Crippen LogP contribution in [-0.2, 0) is 17.1 Å². The lowest BCUT2D eigenvalue weighted by Gasteiger charge is -2.43. The number of rotatable bonds is 10. The van der Waals surface area contributed by atoms with Gasteiger partial charge in [0.15, 0.2) is 0 Å². The summed E-state index contributed by atoms with van der Waals surface area (Å²) in [5.41, 5.74) is -0.225. The Morgan fingerprint density at radius 2 is 1.74 bits per heavy atom. The fourth-order valence-electron chi connectivity index (χ4n) is 5.47. The number of nitrogens with one attached hydrogen (secondary N) is 2. The third-order valence-electron chi connectivity index (χ3n) is 7.72. The number of anilines is 2. The van der Waals surface area contributed by atoms with Crippen LogP contribution in [-0.4, -0.2) is 80.3 Å². The molecule has 1 fully saturated rings. The van der Waals surface area contributed by atoms with Gasteiger partial charge in [-0.25, -0.2) is 9.69 Å². The predicted octanol–water partition coefficient (Wildman–Crippen LogP) is 3.99. The number of fused-ring (bicyclic) bond motifs is 1.